The predicted molar refractivity (Wildman–Crippen MR) is 57.6 cm³/mol. The van der Waals surface area contributed by atoms with E-state index in [2.05, 4.69) is 32.2 Å². The molecule has 0 aromatic carbocycles. The van der Waals surface area contributed by atoms with Gasteiger partial charge in [0.25, 0.3) is 0 Å². The maximum atomic E-state index is 5.83. The molecular formula is C11H22N2. The van der Waals surface area contributed by atoms with Crippen molar-refractivity contribution in [2.24, 2.45) is 11.1 Å². The molecule has 0 aromatic heterocycles. The molecule has 0 spiro atoms. The molecule has 1 heterocycles. The van der Waals surface area contributed by atoms with Crippen molar-refractivity contribution in [3.8, 4) is 0 Å². The Morgan fingerprint density at radius 2 is 2.23 bits per heavy atom. The van der Waals surface area contributed by atoms with Crippen molar-refractivity contribution in [2.75, 3.05) is 13.1 Å². The monoisotopic (exact) mass is 182 g/mol. The van der Waals surface area contributed by atoms with E-state index in [1.54, 1.807) is 0 Å². The van der Waals surface area contributed by atoms with Gasteiger partial charge in [-0.1, -0.05) is 32.4 Å². The zero-order chi connectivity index (χ0) is 9.90. The summed E-state index contributed by atoms with van der Waals surface area (Å²) in [5, 5.41) is 3.33. The smallest absolute Gasteiger partial charge is 0.0354 e. The van der Waals surface area contributed by atoms with E-state index in [4.69, 9.17) is 5.73 Å². The van der Waals surface area contributed by atoms with Crippen molar-refractivity contribution in [3.63, 3.8) is 0 Å². The van der Waals surface area contributed by atoms with Crippen molar-refractivity contribution in [3.05, 3.63) is 11.6 Å². The van der Waals surface area contributed by atoms with E-state index in [0.29, 0.717) is 5.41 Å². The van der Waals surface area contributed by atoms with Crippen molar-refractivity contribution in [1.82, 2.24) is 5.32 Å². The van der Waals surface area contributed by atoms with Crippen molar-refractivity contribution in [1.29, 1.82) is 0 Å². The fourth-order valence-corrected chi connectivity index (χ4v) is 1.53. The lowest BCUT2D eigenvalue weighted by Crippen LogP contribution is -2.38. The van der Waals surface area contributed by atoms with E-state index in [0.717, 1.165) is 13.1 Å². The lowest BCUT2D eigenvalue weighted by atomic mass is 9.88. The first-order valence-electron chi connectivity index (χ1n) is 5.13. The van der Waals surface area contributed by atoms with Crippen LogP contribution in [-0.4, -0.2) is 19.1 Å². The summed E-state index contributed by atoms with van der Waals surface area (Å²) in [4.78, 5) is 0. The average Bonchev–Trinajstić information content (AvgIpc) is 2.00. The van der Waals surface area contributed by atoms with Crippen LogP contribution in [0, 0.1) is 5.41 Å². The van der Waals surface area contributed by atoms with Gasteiger partial charge in [-0.3, -0.25) is 0 Å². The molecular weight excluding hydrogens is 160 g/mol. The van der Waals surface area contributed by atoms with E-state index < -0.39 is 0 Å². The second kappa shape index (κ2) is 4.25. The molecule has 76 valence electrons. The van der Waals surface area contributed by atoms with Crippen LogP contribution in [0.3, 0.4) is 0 Å². The Bertz CT molecular complexity index is 189. The summed E-state index contributed by atoms with van der Waals surface area (Å²) in [6.45, 7) is 8.81. The molecule has 1 aliphatic rings. The lowest BCUT2D eigenvalue weighted by molar-refractivity contribution is 0.374. The lowest BCUT2D eigenvalue weighted by Gasteiger charge is -2.23. The van der Waals surface area contributed by atoms with Crippen LogP contribution in [0.15, 0.2) is 11.6 Å². The topological polar surface area (TPSA) is 38.0 Å². The second-order valence-electron chi connectivity index (χ2n) is 5.18. The highest BCUT2D eigenvalue weighted by atomic mass is 14.9. The molecule has 1 rings (SSSR count). The Morgan fingerprint density at radius 1 is 1.54 bits per heavy atom. The third-order valence-electron chi connectivity index (χ3n) is 2.38. The number of rotatable bonds is 2. The van der Waals surface area contributed by atoms with E-state index in [1.165, 1.54) is 18.4 Å². The van der Waals surface area contributed by atoms with Gasteiger partial charge < -0.3 is 11.1 Å². The molecule has 0 amide bonds. The molecule has 1 unspecified atom stereocenters. The van der Waals surface area contributed by atoms with Crippen LogP contribution in [-0.2, 0) is 0 Å². The third kappa shape index (κ3) is 4.44. The Labute approximate surface area is 81.6 Å². The van der Waals surface area contributed by atoms with Crippen LogP contribution in [0.2, 0.25) is 0 Å². The standard InChI is InChI=1S/C11H22N2/c1-11(2,3)5-4-9-6-10(12)8-13-7-9/h6,10,13H,4-5,7-8,12H2,1-3H3. The number of nitrogens with two attached hydrogens (primary N) is 1. The van der Waals surface area contributed by atoms with Crippen LogP contribution in [0.1, 0.15) is 33.6 Å². The first kappa shape index (κ1) is 10.7. The Balaban J connectivity index is 2.36. The normalized spacial score (nSPS) is 24.3. The quantitative estimate of drug-likeness (QED) is 0.638. The van der Waals surface area contributed by atoms with Gasteiger partial charge in [-0.05, 0) is 18.3 Å². The molecule has 2 nitrogen and oxygen atoms in total. The minimum absolute atomic E-state index is 0.226. The van der Waals surface area contributed by atoms with Crippen molar-refractivity contribution in [2.45, 2.75) is 39.7 Å². The number of nitrogens with one attached hydrogen (secondary N) is 1. The van der Waals surface area contributed by atoms with Crippen LogP contribution in [0.5, 0.6) is 0 Å². The van der Waals surface area contributed by atoms with Gasteiger partial charge >= 0.3 is 0 Å². The zero-order valence-corrected chi connectivity index (χ0v) is 9.06. The van der Waals surface area contributed by atoms with E-state index in [9.17, 15) is 0 Å². The highest BCUT2D eigenvalue weighted by Crippen LogP contribution is 2.23. The van der Waals surface area contributed by atoms with Crippen LogP contribution >= 0.6 is 0 Å². The highest BCUT2D eigenvalue weighted by Gasteiger charge is 2.13. The third-order valence-corrected chi connectivity index (χ3v) is 2.38. The predicted octanol–water partition coefficient (Wildman–Crippen LogP) is 1.67. The van der Waals surface area contributed by atoms with E-state index >= 15 is 0 Å². The van der Waals surface area contributed by atoms with Crippen molar-refractivity contribution >= 4 is 0 Å². The van der Waals surface area contributed by atoms with Crippen LogP contribution < -0.4 is 11.1 Å². The first-order valence-corrected chi connectivity index (χ1v) is 5.13. The largest absolute Gasteiger partial charge is 0.323 e. The van der Waals surface area contributed by atoms with Gasteiger partial charge in [0.2, 0.25) is 0 Å². The summed E-state index contributed by atoms with van der Waals surface area (Å²) in [5.41, 5.74) is 7.74. The molecule has 2 heteroatoms. The summed E-state index contributed by atoms with van der Waals surface area (Å²) < 4.78 is 0. The highest BCUT2D eigenvalue weighted by molar-refractivity contribution is 5.12. The summed E-state index contributed by atoms with van der Waals surface area (Å²) in [6.07, 6.45) is 4.65. The summed E-state index contributed by atoms with van der Waals surface area (Å²) in [6, 6.07) is 0.226. The Hall–Kier alpha value is -0.340. The first-order chi connectivity index (χ1) is 5.97. The maximum absolute atomic E-state index is 5.83. The van der Waals surface area contributed by atoms with Crippen LogP contribution in [0.4, 0.5) is 0 Å². The molecule has 1 aliphatic heterocycles. The van der Waals surface area contributed by atoms with Gasteiger partial charge in [0.1, 0.15) is 0 Å². The average molecular weight is 182 g/mol. The molecule has 1 atom stereocenters. The number of hydrogen-bond donors (Lipinski definition) is 2. The van der Waals surface area contributed by atoms with Crippen molar-refractivity contribution < 1.29 is 0 Å². The summed E-state index contributed by atoms with van der Waals surface area (Å²) in [7, 11) is 0. The van der Waals surface area contributed by atoms with Gasteiger partial charge in [0.05, 0.1) is 0 Å². The van der Waals surface area contributed by atoms with Gasteiger partial charge in [0.15, 0.2) is 0 Å². The number of hydrogen-bond acceptors (Lipinski definition) is 2. The maximum Gasteiger partial charge on any atom is 0.0354 e. The fourth-order valence-electron chi connectivity index (χ4n) is 1.53. The molecule has 0 fully saturated rings. The van der Waals surface area contributed by atoms with Gasteiger partial charge in [0, 0.05) is 19.1 Å². The summed E-state index contributed by atoms with van der Waals surface area (Å²) in [5.74, 6) is 0. The SMILES string of the molecule is CC(C)(C)CCC1=CC(N)CNC1. The molecule has 0 saturated carbocycles. The van der Waals surface area contributed by atoms with Gasteiger partial charge in [-0.15, -0.1) is 0 Å². The minimum atomic E-state index is 0.226. The Kier molecular flexibility index (Phi) is 3.51. The van der Waals surface area contributed by atoms with Crippen LogP contribution in [0.25, 0.3) is 0 Å². The molecule has 3 N–H and O–H groups in total. The molecule has 0 saturated heterocycles. The molecule has 0 aromatic rings. The fraction of sp³-hybridized carbons (Fsp3) is 0.818. The zero-order valence-electron chi connectivity index (χ0n) is 9.06. The van der Waals surface area contributed by atoms with E-state index in [1.807, 2.05) is 0 Å². The van der Waals surface area contributed by atoms with Gasteiger partial charge in [-0.2, -0.15) is 0 Å². The molecule has 13 heavy (non-hydrogen) atoms. The Morgan fingerprint density at radius 3 is 2.77 bits per heavy atom. The minimum Gasteiger partial charge on any atom is -0.323 e. The van der Waals surface area contributed by atoms with Gasteiger partial charge in [-0.25, -0.2) is 0 Å². The summed E-state index contributed by atoms with van der Waals surface area (Å²) >= 11 is 0. The molecule has 0 aliphatic carbocycles. The van der Waals surface area contributed by atoms with E-state index in [-0.39, 0.29) is 6.04 Å². The second-order valence-corrected chi connectivity index (χ2v) is 5.18. The molecule has 0 bridgehead atoms. The molecule has 0 radical (unpaired) electrons.